The molecule has 1 saturated carbocycles. The van der Waals surface area contributed by atoms with Crippen molar-refractivity contribution in [2.45, 2.75) is 32.6 Å². The summed E-state index contributed by atoms with van der Waals surface area (Å²) in [5, 5.41) is 14.8. The molecule has 0 bridgehead atoms. The third-order valence-electron chi connectivity index (χ3n) is 2.97. The van der Waals surface area contributed by atoms with Crippen molar-refractivity contribution < 1.29 is 9.90 Å². The predicted molar refractivity (Wildman–Crippen MR) is 59.5 cm³/mol. The maximum Gasteiger partial charge on any atom is 0.233 e. The highest BCUT2D eigenvalue weighted by molar-refractivity contribution is 5.78. The Balaban J connectivity index is 2.06. The number of carbonyl (C=O) groups excluding carboxylic acids is 1. The summed E-state index contributed by atoms with van der Waals surface area (Å²) in [4.78, 5) is 11.4. The van der Waals surface area contributed by atoms with Crippen molar-refractivity contribution in [1.29, 1.82) is 0 Å². The summed E-state index contributed by atoms with van der Waals surface area (Å²) >= 11 is 0. The van der Waals surface area contributed by atoms with Crippen LogP contribution in [0, 0.1) is 5.41 Å². The molecule has 1 aliphatic carbocycles. The number of hydrogen-bond acceptors (Lipinski definition) is 3. The highest BCUT2D eigenvalue weighted by Gasteiger charge is 2.41. The lowest BCUT2D eigenvalue weighted by Crippen LogP contribution is -2.37. The van der Waals surface area contributed by atoms with Gasteiger partial charge in [-0.15, -0.1) is 0 Å². The van der Waals surface area contributed by atoms with E-state index in [1.807, 2.05) is 0 Å². The molecule has 0 spiro atoms. The Kier molecular flexibility index (Phi) is 5.05. The summed E-state index contributed by atoms with van der Waals surface area (Å²) in [6, 6.07) is 0. The average molecular weight is 214 g/mol. The summed E-state index contributed by atoms with van der Waals surface area (Å²) in [5.74, 6) is 0.0627. The molecule has 3 N–H and O–H groups in total. The van der Waals surface area contributed by atoms with Gasteiger partial charge in [-0.2, -0.15) is 0 Å². The van der Waals surface area contributed by atoms with Gasteiger partial charge < -0.3 is 15.7 Å². The summed E-state index contributed by atoms with van der Waals surface area (Å²) in [6.07, 6.45) is 4.13. The molecule has 88 valence electrons. The van der Waals surface area contributed by atoms with Gasteiger partial charge in [-0.25, -0.2) is 0 Å². The van der Waals surface area contributed by atoms with E-state index >= 15 is 0 Å². The first-order valence-electron chi connectivity index (χ1n) is 5.81. The molecular weight excluding hydrogens is 192 g/mol. The summed E-state index contributed by atoms with van der Waals surface area (Å²) in [7, 11) is 0. The molecule has 1 amide bonds. The van der Waals surface area contributed by atoms with E-state index in [0.29, 0.717) is 6.54 Å². The zero-order chi connectivity index (χ0) is 11.1. The van der Waals surface area contributed by atoms with Gasteiger partial charge in [0.25, 0.3) is 0 Å². The van der Waals surface area contributed by atoms with Gasteiger partial charge in [0.2, 0.25) is 5.91 Å². The second kappa shape index (κ2) is 6.08. The second-order valence-corrected chi connectivity index (χ2v) is 4.43. The molecule has 1 fully saturated rings. The molecule has 0 atom stereocenters. The highest BCUT2D eigenvalue weighted by Crippen LogP contribution is 2.47. The molecule has 0 aromatic carbocycles. The van der Waals surface area contributed by atoms with Crippen LogP contribution < -0.4 is 10.6 Å². The van der Waals surface area contributed by atoms with E-state index in [2.05, 4.69) is 17.6 Å². The second-order valence-electron chi connectivity index (χ2n) is 4.43. The number of aliphatic hydroxyl groups is 1. The SMILES string of the molecule is CCCNCC(=O)NCC1(CCO)CC1. The Bertz CT molecular complexity index is 203. The van der Waals surface area contributed by atoms with Gasteiger partial charge >= 0.3 is 0 Å². The molecule has 4 heteroatoms. The van der Waals surface area contributed by atoms with Gasteiger partial charge in [0.1, 0.15) is 0 Å². The van der Waals surface area contributed by atoms with E-state index < -0.39 is 0 Å². The van der Waals surface area contributed by atoms with Gasteiger partial charge in [0, 0.05) is 13.2 Å². The highest BCUT2D eigenvalue weighted by atomic mass is 16.3. The number of carbonyl (C=O) groups is 1. The quantitative estimate of drug-likeness (QED) is 0.508. The van der Waals surface area contributed by atoms with Crippen molar-refractivity contribution in [2.24, 2.45) is 5.41 Å². The van der Waals surface area contributed by atoms with E-state index in [9.17, 15) is 4.79 Å². The van der Waals surface area contributed by atoms with Crippen LogP contribution in [0.3, 0.4) is 0 Å². The van der Waals surface area contributed by atoms with Crippen molar-refractivity contribution in [2.75, 3.05) is 26.2 Å². The normalized spacial score (nSPS) is 17.5. The predicted octanol–water partition coefficient (Wildman–Crippen LogP) is 0.265. The van der Waals surface area contributed by atoms with Gasteiger partial charge in [0.05, 0.1) is 6.54 Å². The summed E-state index contributed by atoms with van der Waals surface area (Å²) in [6.45, 7) is 4.31. The Hall–Kier alpha value is -0.610. The summed E-state index contributed by atoms with van der Waals surface area (Å²) in [5.41, 5.74) is 0.217. The van der Waals surface area contributed by atoms with Crippen LogP contribution in [0.4, 0.5) is 0 Å². The standard InChI is InChI=1S/C11H22N2O2/c1-2-6-12-8-10(15)13-9-11(3-4-11)5-7-14/h12,14H,2-9H2,1H3,(H,13,15). The number of hydrogen-bond donors (Lipinski definition) is 3. The molecule has 0 aliphatic heterocycles. The fraction of sp³-hybridized carbons (Fsp3) is 0.909. The zero-order valence-corrected chi connectivity index (χ0v) is 9.51. The zero-order valence-electron chi connectivity index (χ0n) is 9.51. The molecule has 0 saturated heterocycles. The van der Waals surface area contributed by atoms with Crippen LogP contribution in [0.15, 0.2) is 0 Å². The molecule has 0 radical (unpaired) electrons. The number of rotatable bonds is 8. The van der Waals surface area contributed by atoms with Gasteiger partial charge in [-0.3, -0.25) is 4.79 Å². The van der Waals surface area contributed by atoms with Crippen LogP contribution in [-0.2, 0) is 4.79 Å². The van der Waals surface area contributed by atoms with Crippen molar-refractivity contribution in [3.05, 3.63) is 0 Å². The lowest BCUT2D eigenvalue weighted by Gasteiger charge is -2.14. The van der Waals surface area contributed by atoms with E-state index in [1.165, 1.54) is 0 Å². The molecule has 1 aliphatic rings. The van der Waals surface area contributed by atoms with Crippen LogP contribution in [0.25, 0.3) is 0 Å². The Labute approximate surface area is 91.4 Å². The van der Waals surface area contributed by atoms with Gasteiger partial charge in [-0.05, 0) is 37.6 Å². The minimum atomic E-state index is 0.0627. The smallest absolute Gasteiger partial charge is 0.233 e. The molecule has 15 heavy (non-hydrogen) atoms. The molecular formula is C11H22N2O2. The van der Waals surface area contributed by atoms with Crippen LogP contribution in [-0.4, -0.2) is 37.3 Å². The van der Waals surface area contributed by atoms with E-state index in [0.717, 1.165) is 38.8 Å². The van der Waals surface area contributed by atoms with Crippen molar-refractivity contribution in [3.8, 4) is 0 Å². The van der Waals surface area contributed by atoms with Crippen LogP contribution in [0.5, 0.6) is 0 Å². The van der Waals surface area contributed by atoms with Gasteiger partial charge in [0.15, 0.2) is 0 Å². The van der Waals surface area contributed by atoms with Crippen LogP contribution >= 0.6 is 0 Å². The minimum absolute atomic E-state index is 0.0627. The maximum absolute atomic E-state index is 11.4. The number of amides is 1. The molecule has 1 rings (SSSR count). The molecule has 0 unspecified atom stereocenters. The number of aliphatic hydroxyl groups excluding tert-OH is 1. The van der Waals surface area contributed by atoms with Crippen molar-refractivity contribution in [3.63, 3.8) is 0 Å². The topological polar surface area (TPSA) is 61.4 Å². The fourth-order valence-corrected chi connectivity index (χ4v) is 1.66. The fourth-order valence-electron chi connectivity index (χ4n) is 1.66. The Morgan fingerprint density at radius 1 is 1.47 bits per heavy atom. The average Bonchev–Trinajstić information content (AvgIpc) is 2.97. The molecule has 0 aromatic heterocycles. The largest absolute Gasteiger partial charge is 0.396 e. The monoisotopic (exact) mass is 214 g/mol. The first kappa shape index (κ1) is 12.5. The molecule has 0 aromatic rings. The van der Waals surface area contributed by atoms with Crippen LogP contribution in [0.1, 0.15) is 32.6 Å². The lowest BCUT2D eigenvalue weighted by atomic mass is 10.0. The summed E-state index contributed by atoms with van der Waals surface area (Å²) < 4.78 is 0. The maximum atomic E-state index is 11.4. The van der Waals surface area contributed by atoms with Crippen LogP contribution in [0.2, 0.25) is 0 Å². The first-order chi connectivity index (χ1) is 7.22. The third-order valence-corrected chi connectivity index (χ3v) is 2.97. The number of nitrogens with one attached hydrogen (secondary N) is 2. The lowest BCUT2D eigenvalue weighted by molar-refractivity contribution is -0.120. The van der Waals surface area contributed by atoms with E-state index in [-0.39, 0.29) is 17.9 Å². The third kappa shape index (κ3) is 4.62. The first-order valence-corrected chi connectivity index (χ1v) is 5.81. The van der Waals surface area contributed by atoms with E-state index in [1.54, 1.807) is 0 Å². The Morgan fingerprint density at radius 2 is 2.20 bits per heavy atom. The van der Waals surface area contributed by atoms with Gasteiger partial charge in [-0.1, -0.05) is 6.92 Å². The Morgan fingerprint density at radius 3 is 2.73 bits per heavy atom. The van der Waals surface area contributed by atoms with Crippen molar-refractivity contribution in [1.82, 2.24) is 10.6 Å². The van der Waals surface area contributed by atoms with E-state index in [4.69, 9.17) is 5.11 Å². The molecule has 4 nitrogen and oxygen atoms in total. The van der Waals surface area contributed by atoms with Crippen molar-refractivity contribution >= 4 is 5.91 Å². The minimum Gasteiger partial charge on any atom is -0.396 e. The molecule has 0 heterocycles.